The van der Waals surface area contributed by atoms with Gasteiger partial charge in [0.2, 0.25) is 0 Å². The third kappa shape index (κ3) is 2.82. The number of hydrogen-bond acceptors (Lipinski definition) is 4. The maximum Gasteiger partial charge on any atom is 0.262 e. The van der Waals surface area contributed by atoms with Crippen molar-refractivity contribution in [3.05, 3.63) is 35.2 Å². The molecule has 0 aliphatic carbocycles. The van der Waals surface area contributed by atoms with Crippen molar-refractivity contribution in [1.29, 1.82) is 0 Å². The number of thiophene rings is 1. The molecule has 0 fully saturated rings. The van der Waals surface area contributed by atoms with Gasteiger partial charge in [0.15, 0.2) is 0 Å². The fourth-order valence-corrected chi connectivity index (χ4v) is 2.44. The standard InChI is InChI=1S/C12H14N2O2S/c1-14(13)12(15)7-16-6-9-8-17-11-5-3-2-4-10(9)11/h2-5,8H,6-7,13H2,1H3. The van der Waals surface area contributed by atoms with Crippen LogP contribution in [0.5, 0.6) is 0 Å². The summed E-state index contributed by atoms with van der Waals surface area (Å²) in [6.45, 7) is 0.445. The molecule has 0 unspecified atom stereocenters. The molecule has 1 amide bonds. The second-order valence-electron chi connectivity index (χ2n) is 3.75. The molecule has 0 bridgehead atoms. The van der Waals surface area contributed by atoms with Crippen LogP contribution in [0.2, 0.25) is 0 Å². The number of nitrogens with two attached hydrogens (primary N) is 1. The Labute approximate surface area is 104 Å². The van der Waals surface area contributed by atoms with E-state index in [1.54, 1.807) is 11.3 Å². The number of amides is 1. The number of likely N-dealkylation sites (N-methyl/N-ethyl adjacent to an activating group) is 1. The lowest BCUT2D eigenvalue weighted by atomic mass is 10.2. The summed E-state index contributed by atoms with van der Waals surface area (Å²) in [6.07, 6.45) is 0. The Morgan fingerprint density at radius 1 is 1.47 bits per heavy atom. The molecule has 0 atom stereocenters. The van der Waals surface area contributed by atoms with Gasteiger partial charge in [0.05, 0.1) is 6.61 Å². The molecule has 2 rings (SSSR count). The zero-order valence-electron chi connectivity index (χ0n) is 9.55. The maximum absolute atomic E-state index is 11.2. The molecular weight excluding hydrogens is 236 g/mol. The van der Waals surface area contributed by atoms with Crippen molar-refractivity contribution in [2.75, 3.05) is 13.7 Å². The summed E-state index contributed by atoms with van der Waals surface area (Å²) in [5, 5.41) is 4.28. The highest BCUT2D eigenvalue weighted by molar-refractivity contribution is 7.17. The topological polar surface area (TPSA) is 55.6 Å². The number of nitrogens with zero attached hydrogens (tertiary/aromatic N) is 1. The Morgan fingerprint density at radius 2 is 2.24 bits per heavy atom. The number of hydrogen-bond donors (Lipinski definition) is 1. The van der Waals surface area contributed by atoms with Gasteiger partial charge in [-0.1, -0.05) is 18.2 Å². The fraction of sp³-hybridized carbons (Fsp3) is 0.250. The molecule has 2 aromatic rings. The van der Waals surface area contributed by atoms with Crippen LogP contribution in [0.1, 0.15) is 5.56 Å². The van der Waals surface area contributed by atoms with Crippen molar-refractivity contribution in [1.82, 2.24) is 5.01 Å². The van der Waals surface area contributed by atoms with E-state index in [0.717, 1.165) is 10.6 Å². The predicted molar refractivity (Wildman–Crippen MR) is 68.4 cm³/mol. The summed E-state index contributed by atoms with van der Waals surface area (Å²) < 4.78 is 6.57. The Bertz CT molecular complexity index is 522. The van der Waals surface area contributed by atoms with E-state index in [-0.39, 0.29) is 12.5 Å². The first-order chi connectivity index (χ1) is 8.18. The van der Waals surface area contributed by atoms with Crippen LogP contribution in [0.3, 0.4) is 0 Å². The van der Waals surface area contributed by atoms with E-state index >= 15 is 0 Å². The van der Waals surface area contributed by atoms with Crippen LogP contribution in [0.15, 0.2) is 29.6 Å². The number of hydrazine groups is 1. The molecule has 0 saturated heterocycles. The minimum Gasteiger partial charge on any atom is -0.367 e. The number of rotatable bonds is 4. The van der Waals surface area contributed by atoms with Gasteiger partial charge in [-0.15, -0.1) is 11.3 Å². The van der Waals surface area contributed by atoms with Gasteiger partial charge in [-0.3, -0.25) is 9.80 Å². The molecule has 1 heterocycles. The van der Waals surface area contributed by atoms with Crippen molar-refractivity contribution < 1.29 is 9.53 Å². The zero-order valence-corrected chi connectivity index (χ0v) is 10.4. The van der Waals surface area contributed by atoms with Gasteiger partial charge in [0.1, 0.15) is 6.61 Å². The summed E-state index contributed by atoms with van der Waals surface area (Å²) in [6, 6.07) is 8.14. The fourth-order valence-electron chi connectivity index (χ4n) is 1.49. The highest BCUT2D eigenvalue weighted by atomic mass is 32.1. The van der Waals surface area contributed by atoms with Gasteiger partial charge in [0.25, 0.3) is 5.91 Å². The first kappa shape index (κ1) is 12.0. The third-order valence-corrected chi connectivity index (χ3v) is 3.45. The molecule has 1 aromatic heterocycles. The van der Waals surface area contributed by atoms with E-state index in [1.807, 2.05) is 12.1 Å². The van der Waals surface area contributed by atoms with Crippen LogP contribution in [0, 0.1) is 0 Å². The second kappa shape index (κ2) is 5.27. The first-order valence-electron chi connectivity index (χ1n) is 5.22. The first-order valence-corrected chi connectivity index (χ1v) is 6.10. The van der Waals surface area contributed by atoms with Crippen LogP contribution in [-0.2, 0) is 16.1 Å². The lowest BCUT2D eigenvalue weighted by Gasteiger charge is -2.09. The minimum absolute atomic E-state index is 0.0111. The Morgan fingerprint density at radius 3 is 3.00 bits per heavy atom. The van der Waals surface area contributed by atoms with E-state index in [2.05, 4.69) is 17.5 Å². The molecule has 5 heteroatoms. The monoisotopic (exact) mass is 250 g/mol. The average Bonchev–Trinajstić information content (AvgIpc) is 2.72. The van der Waals surface area contributed by atoms with E-state index in [4.69, 9.17) is 10.6 Å². The largest absolute Gasteiger partial charge is 0.367 e. The summed E-state index contributed by atoms with van der Waals surface area (Å²) in [7, 11) is 1.51. The van der Waals surface area contributed by atoms with Crippen LogP contribution in [0.4, 0.5) is 0 Å². The summed E-state index contributed by atoms with van der Waals surface area (Å²) in [4.78, 5) is 11.2. The van der Waals surface area contributed by atoms with Gasteiger partial charge in [0, 0.05) is 11.7 Å². The number of carbonyl (C=O) groups excluding carboxylic acids is 1. The van der Waals surface area contributed by atoms with E-state index in [9.17, 15) is 4.79 Å². The van der Waals surface area contributed by atoms with Gasteiger partial charge in [-0.25, -0.2) is 5.84 Å². The second-order valence-corrected chi connectivity index (χ2v) is 4.67. The molecule has 17 heavy (non-hydrogen) atoms. The van der Waals surface area contributed by atoms with Crippen LogP contribution >= 0.6 is 11.3 Å². The number of carbonyl (C=O) groups is 1. The average molecular weight is 250 g/mol. The van der Waals surface area contributed by atoms with E-state index < -0.39 is 0 Å². The highest BCUT2D eigenvalue weighted by Crippen LogP contribution is 2.25. The normalized spacial score (nSPS) is 10.7. The number of ether oxygens (including phenoxy) is 1. The SMILES string of the molecule is CN(N)C(=O)COCc1csc2ccccc12. The van der Waals surface area contributed by atoms with Crippen LogP contribution in [-0.4, -0.2) is 24.6 Å². The molecule has 4 nitrogen and oxygen atoms in total. The van der Waals surface area contributed by atoms with Crippen molar-refractivity contribution in [3.63, 3.8) is 0 Å². The summed E-state index contributed by atoms with van der Waals surface area (Å²) in [5.41, 5.74) is 1.11. The van der Waals surface area contributed by atoms with Gasteiger partial charge in [-0.05, 0) is 22.4 Å². The highest BCUT2D eigenvalue weighted by Gasteiger charge is 2.07. The lowest BCUT2D eigenvalue weighted by Crippen LogP contribution is -2.35. The maximum atomic E-state index is 11.2. The lowest BCUT2D eigenvalue weighted by molar-refractivity contribution is -0.135. The van der Waals surface area contributed by atoms with Crippen LogP contribution < -0.4 is 5.84 Å². The van der Waals surface area contributed by atoms with Crippen molar-refractivity contribution in [3.8, 4) is 0 Å². The molecular formula is C12H14N2O2S. The van der Waals surface area contributed by atoms with Gasteiger partial charge < -0.3 is 4.74 Å². The minimum atomic E-state index is -0.232. The Balaban J connectivity index is 1.98. The third-order valence-electron chi connectivity index (χ3n) is 2.44. The molecule has 0 aliphatic heterocycles. The Kier molecular flexibility index (Phi) is 3.73. The molecule has 0 saturated carbocycles. The van der Waals surface area contributed by atoms with E-state index in [1.165, 1.54) is 17.1 Å². The summed E-state index contributed by atoms with van der Waals surface area (Å²) in [5.74, 6) is 5.06. The van der Waals surface area contributed by atoms with E-state index in [0.29, 0.717) is 6.61 Å². The van der Waals surface area contributed by atoms with Gasteiger partial charge in [-0.2, -0.15) is 0 Å². The molecule has 90 valence electrons. The smallest absolute Gasteiger partial charge is 0.262 e. The molecule has 0 spiro atoms. The molecule has 0 aliphatic rings. The molecule has 0 radical (unpaired) electrons. The number of fused-ring (bicyclic) bond motifs is 1. The summed E-state index contributed by atoms with van der Waals surface area (Å²) >= 11 is 1.68. The van der Waals surface area contributed by atoms with Crippen molar-refractivity contribution in [2.24, 2.45) is 5.84 Å². The number of benzene rings is 1. The zero-order chi connectivity index (χ0) is 12.3. The van der Waals surface area contributed by atoms with Crippen LogP contribution in [0.25, 0.3) is 10.1 Å². The predicted octanol–water partition coefficient (Wildman–Crippen LogP) is 1.75. The van der Waals surface area contributed by atoms with Gasteiger partial charge >= 0.3 is 0 Å². The molecule has 2 N–H and O–H groups in total. The molecule has 1 aromatic carbocycles. The quantitative estimate of drug-likeness (QED) is 0.511. The van der Waals surface area contributed by atoms with Crippen molar-refractivity contribution in [2.45, 2.75) is 6.61 Å². The Hall–Kier alpha value is -1.43. The van der Waals surface area contributed by atoms with Crippen molar-refractivity contribution >= 4 is 27.3 Å².